The number of para-hydroxylation sites is 1. The predicted molar refractivity (Wildman–Crippen MR) is 98.4 cm³/mol. The monoisotopic (exact) mass is 344 g/mol. The minimum atomic E-state index is -0.364. The van der Waals surface area contributed by atoms with Gasteiger partial charge in [0.05, 0.1) is 11.8 Å². The first kappa shape index (κ1) is 15.1. The van der Waals surface area contributed by atoms with Gasteiger partial charge >= 0.3 is 0 Å². The van der Waals surface area contributed by atoms with Gasteiger partial charge in [-0.05, 0) is 23.8 Å². The summed E-state index contributed by atoms with van der Waals surface area (Å²) in [4.78, 5) is 0. The summed E-state index contributed by atoms with van der Waals surface area (Å²) >= 11 is 0. The van der Waals surface area contributed by atoms with Gasteiger partial charge in [0.2, 0.25) is 6.23 Å². The van der Waals surface area contributed by atoms with Gasteiger partial charge < -0.3 is 4.74 Å². The molecule has 0 saturated heterocycles. The van der Waals surface area contributed by atoms with Crippen molar-refractivity contribution in [3.05, 3.63) is 101 Å². The highest BCUT2D eigenvalue weighted by Crippen LogP contribution is 2.47. The number of benzene rings is 3. The molecule has 0 amide bonds. The first-order valence-corrected chi connectivity index (χ1v) is 8.72. The van der Waals surface area contributed by atoms with Crippen molar-refractivity contribution in [1.29, 1.82) is 0 Å². The lowest BCUT2D eigenvalue weighted by Crippen LogP contribution is -2.33. The smallest absolute Gasteiger partial charge is 0.213 e. The van der Waals surface area contributed by atoms with Gasteiger partial charge in [0.15, 0.2) is 0 Å². The first-order chi connectivity index (χ1) is 12.8. The van der Waals surface area contributed by atoms with Crippen LogP contribution in [0.2, 0.25) is 0 Å². The summed E-state index contributed by atoms with van der Waals surface area (Å²) in [6, 6.07) is 24.9. The minimum Gasteiger partial charge on any atom is -0.464 e. The molecule has 0 aromatic heterocycles. The number of hydrogen-bond donors (Lipinski definition) is 0. The van der Waals surface area contributed by atoms with Gasteiger partial charge in [-0.2, -0.15) is 5.10 Å². The Hall–Kier alpha value is -3.14. The van der Waals surface area contributed by atoms with Crippen LogP contribution in [-0.4, -0.2) is 10.7 Å². The van der Waals surface area contributed by atoms with E-state index in [1.165, 1.54) is 12.1 Å². The van der Waals surface area contributed by atoms with Crippen LogP contribution in [0.5, 0.6) is 5.75 Å². The van der Waals surface area contributed by atoms with Crippen LogP contribution in [0.15, 0.2) is 84.0 Å². The summed E-state index contributed by atoms with van der Waals surface area (Å²) in [6.45, 7) is 0. The zero-order valence-corrected chi connectivity index (χ0v) is 14.0. The zero-order chi connectivity index (χ0) is 17.5. The van der Waals surface area contributed by atoms with Crippen molar-refractivity contribution in [1.82, 2.24) is 5.01 Å². The quantitative estimate of drug-likeness (QED) is 0.648. The van der Waals surface area contributed by atoms with E-state index in [1.807, 2.05) is 41.4 Å². The van der Waals surface area contributed by atoms with E-state index in [0.29, 0.717) is 0 Å². The van der Waals surface area contributed by atoms with Gasteiger partial charge in [-0.25, -0.2) is 9.40 Å². The molecule has 0 unspecified atom stereocenters. The molecule has 3 aromatic carbocycles. The normalized spacial score (nSPS) is 20.8. The largest absolute Gasteiger partial charge is 0.464 e. The summed E-state index contributed by atoms with van der Waals surface area (Å²) in [5.41, 5.74) is 4.20. The maximum atomic E-state index is 13.4. The Labute approximate surface area is 151 Å². The second-order valence-electron chi connectivity index (χ2n) is 6.57. The summed E-state index contributed by atoms with van der Waals surface area (Å²) in [7, 11) is 0. The Morgan fingerprint density at radius 2 is 1.62 bits per heavy atom. The number of rotatable bonds is 2. The maximum Gasteiger partial charge on any atom is 0.213 e. The zero-order valence-electron chi connectivity index (χ0n) is 14.0. The van der Waals surface area contributed by atoms with Crippen LogP contribution in [0.3, 0.4) is 0 Å². The molecule has 2 aliphatic heterocycles. The van der Waals surface area contributed by atoms with Crippen LogP contribution < -0.4 is 4.74 Å². The number of halogens is 1. The van der Waals surface area contributed by atoms with E-state index in [2.05, 4.69) is 18.2 Å². The molecule has 5 rings (SSSR count). The molecule has 2 atom stereocenters. The van der Waals surface area contributed by atoms with E-state index < -0.39 is 0 Å². The fourth-order valence-electron chi connectivity index (χ4n) is 3.69. The van der Waals surface area contributed by atoms with Crippen LogP contribution in [0.1, 0.15) is 35.4 Å². The van der Waals surface area contributed by atoms with Crippen molar-refractivity contribution in [2.45, 2.75) is 18.7 Å². The van der Waals surface area contributed by atoms with Crippen molar-refractivity contribution in [2.24, 2.45) is 5.10 Å². The molecule has 2 heterocycles. The third kappa shape index (κ3) is 2.46. The predicted octanol–water partition coefficient (Wildman–Crippen LogP) is 5.07. The summed E-state index contributed by atoms with van der Waals surface area (Å²) < 4.78 is 19.6. The van der Waals surface area contributed by atoms with Crippen molar-refractivity contribution < 1.29 is 9.13 Å². The fraction of sp³-hybridized carbons (Fsp3) is 0.136. The van der Waals surface area contributed by atoms with Crippen LogP contribution in [-0.2, 0) is 0 Å². The number of nitrogens with zero attached hydrogens (tertiary/aromatic N) is 2. The van der Waals surface area contributed by atoms with E-state index in [1.54, 1.807) is 12.1 Å². The van der Waals surface area contributed by atoms with E-state index in [9.17, 15) is 4.39 Å². The SMILES string of the molecule is Fc1ccc([C@@H]2Oc3ccccc3[C@H]3CC(c4ccccc4)=NN32)cc1. The Morgan fingerprint density at radius 3 is 2.42 bits per heavy atom. The minimum absolute atomic E-state index is 0.116. The van der Waals surface area contributed by atoms with E-state index in [4.69, 9.17) is 9.84 Å². The van der Waals surface area contributed by atoms with Crippen LogP contribution in [0.25, 0.3) is 0 Å². The molecular formula is C22H17FN2O. The molecule has 0 radical (unpaired) electrons. The molecule has 128 valence electrons. The van der Waals surface area contributed by atoms with Gasteiger partial charge in [0, 0.05) is 17.5 Å². The molecule has 4 heteroatoms. The first-order valence-electron chi connectivity index (χ1n) is 8.72. The fourth-order valence-corrected chi connectivity index (χ4v) is 3.69. The highest BCUT2D eigenvalue weighted by Gasteiger charge is 2.40. The Kier molecular flexibility index (Phi) is 3.49. The maximum absolute atomic E-state index is 13.4. The van der Waals surface area contributed by atoms with Crippen molar-refractivity contribution in [3.63, 3.8) is 0 Å². The average molecular weight is 344 g/mol. The second kappa shape index (κ2) is 5.99. The van der Waals surface area contributed by atoms with Gasteiger partial charge in [-0.1, -0.05) is 60.7 Å². The van der Waals surface area contributed by atoms with Gasteiger partial charge in [0.1, 0.15) is 11.6 Å². The number of hydrogen-bond acceptors (Lipinski definition) is 3. The lowest BCUT2D eigenvalue weighted by molar-refractivity contribution is -0.0190. The second-order valence-corrected chi connectivity index (χ2v) is 6.57. The molecule has 3 nitrogen and oxygen atoms in total. The standard InChI is InChI=1S/C22H17FN2O/c23-17-12-10-16(11-13-17)22-25-20(18-8-4-5-9-21(18)26-22)14-19(24-25)15-6-2-1-3-7-15/h1-13,20,22H,14H2/t20-,22+/m1/s1. The Bertz CT molecular complexity index is 969. The van der Waals surface area contributed by atoms with Crippen LogP contribution in [0, 0.1) is 5.82 Å². The van der Waals surface area contributed by atoms with Gasteiger partial charge in [-0.3, -0.25) is 0 Å². The molecule has 0 saturated carbocycles. The van der Waals surface area contributed by atoms with Gasteiger partial charge in [0.25, 0.3) is 0 Å². The number of fused-ring (bicyclic) bond motifs is 3. The number of hydrazone groups is 1. The van der Waals surface area contributed by atoms with Gasteiger partial charge in [-0.15, -0.1) is 0 Å². The molecule has 0 aliphatic carbocycles. The Morgan fingerprint density at radius 1 is 0.885 bits per heavy atom. The summed E-state index contributed by atoms with van der Waals surface area (Å²) in [5.74, 6) is 0.615. The molecular weight excluding hydrogens is 327 g/mol. The van der Waals surface area contributed by atoms with Crippen molar-refractivity contribution in [2.75, 3.05) is 0 Å². The van der Waals surface area contributed by atoms with Crippen LogP contribution in [0.4, 0.5) is 4.39 Å². The third-order valence-corrected chi connectivity index (χ3v) is 4.96. The third-order valence-electron chi connectivity index (χ3n) is 4.96. The lowest BCUT2D eigenvalue weighted by Gasteiger charge is -2.38. The number of ether oxygens (including phenoxy) is 1. The highest BCUT2D eigenvalue weighted by atomic mass is 19.1. The lowest BCUT2D eigenvalue weighted by atomic mass is 9.96. The Balaban J connectivity index is 1.60. The molecule has 26 heavy (non-hydrogen) atoms. The van der Waals surface area contributed by atoms with Crippen LogP contribution >= 0.6 is 0 Å². The molecule has 3 aromatic rings. The van der Waals surface area contributed by atoms with Crippen molar-refractivity contribution in [3.8, 4) is 5.75 Å². The molecule has 0 bridgehead atoms. The molecule has 0 spiro atoms. The van der Waals surface area contributed by atoms with E-state index in [-0.39, 0.29) is 18.1 Å². The topological polar surface area (TPSA) is 24.8 Å². The molecule has 2 aliphatic rings. The summed E-state index contributed by atoms with van der Waals surface area (Å²) in [5, 5.41) is 6.90. The molecule has 0 fully saturated rings. The van der Waals surface area contributed by atoms with E-state index in [0.717, 1.165) is 34.6 Å². The van der Waals surface area contributed by atoms with E-state index >= 15 is 0 Å². The average Bonchev–Trinajstić information content (AvgIpc) is 3.14. The molecule has 0 N–H and O–H groups in total. The van der Waals surface area contributed by atoms with Crippen molar-refractivity contribution >= 4 is 5.71 Å². The highest BCUT2D eigenvalue weighted by molar-refractivity contribution is 6.01. The summed E-state index contributed by atoms with van der Waals surface area (Å²) in [6.07, 6.45) is 0.457.